The van der Waals surface area contributed by atoms with Crippen molar-refractivity contribution >= 4 is 5.91 Å². The van der Waals surface area contributed by atoms with Crippen LogP contribution in [0.4, 0.5) is 0 Å². The fourth-order valence-corrected chi connectivity index (χ4v) is 3.57. The van der Waals surface area contributed by atoms with Crippen molar-refractivity contribution in [3.63, 3.8) is 0 Å². The van der Waals surface area contributed by atoms with E-state index in [1.54, 1.807) is 7.11 Å². The van der Waals surface area contributed by atoms with Gasteiger partial charge in [0.25, 0.3) is 0 Å². The Morgan fingerprint density at radius 2 is 1.90 bits per heavy atom. The molecule has 1 atom stereocenters. The highest BCUT2D eigenvalue weighted by atomic mass is 16.5. The molecular formula is C15H30N2O3. The normalized spacial score (nSPS) is 23.3. The van der Waals surface area contributed by atoms with Crippen LogP contribution >= 0.6 is 0 Å². The number of rotatable bonds is 6. The van der Waals surface area contributed by atoms with Crippen LogP contribution in [0.15, 0.2) is 0 Å². The van der Waals surface area contributed by atoms with E-state index in [2.05, 4.69) is 38.3 Å². The molecule has 0 saturated carbocycles. The monoisotopic (exact) mass is 286 g/mol. The van der Waals surface area contributed by atoms with Gasteiger partial charge in [0.15, 0.2) is 0 Å². The van der Waals surface area contributed by atoms with E-state index >= 15 is 0 Å². The zero-order valence-corrected chi connectivity index (χ0v) is 13.5. The summed E-state index contributed by atoms with van der Waals surface area (Å²) in [7, 11) is 1.56. The molecular weight excluding hydrogens is 256 g/mol. The van der Waals surface area contributed by atoms with Crippen molar-refractivity contribution in [1.82, 2.24) is 10.6 Å². The Hall–Kier alpha value is -0.650. The van der Waals surface area contributed by atoms with E-state index < -0.39 is 0 Å². The van der Waals surface area contributed by atoms with E-state index in [0.717, 1.165) is 12.8 Å². The number of carbonyl (C=O) groups excluding carboxylic acids is 1. The van der Waals surface area contributed by atoms with Crippen LogP contribution in [-0.2, 0) is 9.53 Å². The largest absolute Gasteiger partial charge is 0.394 e. The van der Waals surface area contributed by atoms with Crippen molar-refractivity contribution in [3.05, 3.63) is 0 Å². The van der Waals surface area contributed by atoms with Gasteiger partial charge in [-0.3, -0.25) is 4.79 Å². The fourth-order valence-electron chi connectivity index (χ4n) is 3.57. The van der Waals surface area contributed by atoms with Gasteiger partial charge in [0.1, 0.15) is 0 Å². The fraction of sp³-hybridized carbons (Fsp3) is 0.933. The van der Waals surface area contributed by atoms with E-state index in [1.807, 2.05) is 0 Å². The lowest BCUT2D eigenvalue weighted by Gasteiger charge is -2.46. The Kier molecular flexibility index (Phi) is 5.98. The topological polar surface area (TPSA) is 70.6 Å². The molecule has 20 heavy (non-hydrogen) atoms. The van der Waals surface area contributed by atoms with Gasteiger partial charge >= 0.3 is 0 Å². The van der Waals surface area contributed by atoms with Crippen molar-refractivity contribution < 1.29 is 14.6 Å². The van der Waals surface area contributed by atoms with Crippen LogP contribution in [0.1, 0.15) is 47.0 Å². The van der Waals surface area contributed by atoms with E-state index in [0.29, 0.717) is 18.9 Å². The first-order valence-electron chi connectivity index (χ1n) is 7.36. The summed E-state index contributed by atoms with van der Waals surface area (Å²) in [5, 5.41) is 15.6. The van der Waals surface area contributed by atoms with Gasteiger partial charge in [-0.15, -0.1) is 0 Å². The van der Waals surface area contributed by atoms with Crippen molar-refractivity contribution in [2.24, 2.45) is 5.92 Å². The molecule has 1 aliphatic rings. The quantitative estimate of drug-likeness (QED) is 0.683. The van der Waals surface area contributed by atoms with Crippen molar-refractivity contribution in [2.75, 3.05) is 20.3 Å². The highest BCUT2D eigenvalue weighted by molar-refractivity contribution is 5.76. The first-order chi connectivity index (χ1) is 9.17. The van der Waals surface area contributed by atoms with Crippen molar-refractivity contribution in [1.29, 1.82) is 0 Å². The number of hydrogen-bond donors (Lipinski definition) is 3. The Bertz CT molecular complexity index is 313. The van der Waals surface area contributed by atoms with Crippen molar-refractivity contribution in [3.8, 4) is 0 Å². The third-order valence-corrected chi connectivity index (χ3v) is 3.70. The molecule has 3 N–H and O–H groups in total. The van der Waals surface area contributed by atoms with E-state index in [4.69, 9.17) is 4.74 Å². The van der Waals surface area contributed by atoms with E-state index in [-0.39, 0.29) is 29.6 Å². The first-order valence-corrected chi connectivity index (χ1v) is 7.36. The molecule has 0 radical (unpaired) electrons. The van der Waals surface area contributed by atoms with E-state index in [1.165, 1.54) is 0 Å². The SMILES string of the molecule is COC[C@@H](CO)NC(=O)CC1CC(C)(C)NC(C)(C)C1. The van der Waals surface area contributed by atoms with Crippen LogP contribution in [-0.4, -0.2) is 48.5 Å². The lowest BCUT2D eigenvalue weighted by Crippen LogP contribution is -2.58. The summed E-state index contributed by atoms with van der Waals surface area (Å²) >= 11 is 0. The highest BCUT2D eigenvalue weighted by Crippen LogP contribution is 2.34. The first kappa shape index (κ1) is 17.4. The van der Waals surface area contributed by atoms with Gasteiger partial charge in [0.2, 0.25) is 5.91 Å². The molecule has 0 aromatic heterocycles. The van der Waals surface area contributed by atoms with Crippen molar-refractivity contribution in [2.45, 2.75) is 64.1 Å². The van der Waals surface area contributed by atoms with Crippen LogP contribution in [0.5, 0.6) is 0 Å². The van der Waals surface area contributed by atoms with Gasteiger partial charge in [-0.25, -0.2) is 0 Å². The molecule has 1 fully saturated rings. The molecule has 1 amide bonds. The smallest absolute Gasteiger partial charge is 0.220 e. The maximum atomic E-state index is 12.1. The summed E-state index contributed by atoms with van der Waals surface area (Å²) in [5.41, 5.74) is 0.102. The Balaban J connectivity index is 2.52. The van der Waals surface area contributed by atoms with Crippen LogP contribution in [0.25, 0.3) is 0 Å². The number of ether oxygens (including phenoxy) is 1. The number of methoxy groups -OCH3 is 1. The summed E-state index contributed by atoms with van der Waals surface area (Å²) in [6, 6.07) is -0.310. The lowest BCUT2D eigenvalue weighted by molar-refractivity contribution is -0.124. The minimum Gasteiger partial charge on any atom is -0.394 e. The summed E-state index contributed by atoms with van der Waals surface area (Å²) in [5.74, 6) is 0.364. The molecule has 1 aliphatic heterocycles. The molecule has 1 rings (SSSR count). The molecule has 5 heteroatoms. The van der Waals surface area contributed by atoms with Crippen LogP contribution in [0.3, 0.4) is 0 Å². The number of nitrogens with one attached hydrogen (secondary N) is 2. The van der Waals surface area contributed by atoms with Gasteiger partial charge < -0.3 is 20.5 Å². The Labute approximate surface area is 122 Å². The third kappa shape index (κ3) is 5.77. The predicted molar refractivity (Wildman–Crippen MR) is 79.5 cm³/mol. The average molecular weight is 286 g/mol. The molecule has 0 spiro atoms. The second-order valence-electron chi connectivity index (χ2n) is 7.27. The van der Waals surface area contributed by atoms with Crippen LogP contribution in [0.2, 0.25) is 0 Å². The minimum absolute atomic E-state index is 0.000370. The predicted octanol–water partition coefficient (Wildman–Crippen LogP) is 1.06. The highest BCUT2D eigenvalue weighted by Gasteiger charge is 2.38. The van der Waals surface area contributed by atoms with Gasteiger partial charge in [-0.2, -0.15) is 0 Å². The summed E-state index contributed by atoms with van der Waals surface area (Å²) in [6.45, 7) is 8.97. The second-order valence-corrected chi connectivity index (χ2v) is 7.27. The molecule has 0 unspecified atom stereocenters. The lowest BCUT2D eigenvalue weighted by atomic mass is 9.74. The maximum absolute atomic E-state index is 12.1. The molecule has 1 heterocycles. The number of hydrogen-bond acceptors (Lipinski definition) is 4. The molecule has 0 aliphatic carbocycles. The molecule has 0 aromatic rings. The standard InChI is InChI=1S/C15H30N2O3/c1-14(2)7-11(8-15(3,4)17-14)6-13(19)16-12(9-18)10-20-5/h11-12,17-18H,6-10H2,1-5H3,(H,16,19)/t12-/m1/s1. The average Bonchev–Trinajstić information content (AvgIpc) is 2.23. The van der Waals surface area contributed by atoms with Crippen LogP contribution in [0, 0.1) is 5.92 Å². The third-order valence-electron chi connectivity index (χ3n) is 3.70. The van der Waals surface area contributed by atoms with E-state index in [9.17, 15) is 9.90 Å². The Morgan fingerprint density at radius 1 is 1.35 bits per heavy atom. The number of aliphatic hydroxyl groups is 1. The van der Waals surface area contributed by atoms with Gasteiger partial charge in [0, 0.05) is 24.6 Å². The number of amides is 1. The second kappa shape index (κ2) is 6.87. The molecule has 0 bridgehead atoms. The summed E-state index contributed by atoms with van der Waals surface area (Å²) in [4.78, 5) is 12.1. The zero-order valence-electron chi connectivity index (χ0n) is 13.5. The van der Waals surface area contributed by atoms with Crippen LogP contribution < -0.4 is 10.6 Å². The number of aliphatic hydroxyl groups excluding tert-OH is 1. The maximum Gasteiger partial charge on any atom is 0.220 e. The molecule has 118 valence electrons. The summed E-state index contributed by atoms with van der Waals surface area (Å²) < 4.78 is 4.97. The van der Waals surface area contributed by atoms with Gasteiger partial charge in [0.05, 0.1) is 19.3 Å². The molecule has 0 aromatic carbocycles. The Morgan fingerprint density at radius 3 is 2.35 bits per heavy atom. The number of carbonyl (C=O) groups is 1. The molecule has 5 nitrogen and oxygen atoms in total. The summed E-state index contributed by atoms with van der Waals surface area (Å²) in [6.07, 6.45) is 2.48. The van der Waals surface area contributed by atoms with Gasteiger partial charge in [-0.1, -0.05) is 0 Å². The van der Waals surface area contributed by atoms with Gasteiger partial charge in [-0.05, 0) is 46.5 Å². The zero-order chi connectivity index (χ0) is 15.4. The number of piperidine rings is 1. The minimum atomic E-state index is -0.310. The molecule has 1 saturated heterocycles.